The fraction of sp³-hybridized carbons (Fsp3) is 0.529. The Labute approximate surface area is 165 Å². The highest BCUT2D eigenvalue weighted by molar-refractivity contribution is 9.10. The van der Waals surface area contributed by atoms with Crippen LogP contribution < -0.4 is 10.1 Å². The number of carboxylic acid groups (broad SMARTS) is 1. The summed E-state index contributed by atoms with van der Waals surface area (Å²) in [7, 11) is 0. The maximum Gasteiger partial charge on any atom is 0.410 e. The topological polar surface area (TPSA) is 88.1 Å². The first kappa shape index (κ1) is 20.6. The van der Waals surface area contributed by atoms with Gasteiger partial charge >= 0.3 is 12.1 Å². The first-order valence-corrected chi connectivity index (χ1v) is 9.27. The fourth-order valence-electron chi connectivity index (χ4n) is 2.35. The molecule has 2 rings (SSSR count). The van der Waals surface area contributed by atoms with Gasteiger partial charge in [-0.3, -0.25) is 0 Å². The molecule has 0 atom stereocenters. The monoisotopic (exact) mass is 448 g/mol. The molecule has 0 spiro atoms. The van der Waals surface area contributed by atoms with Crippen molar-refractivity contribution in [3.8, 4) is 5.75 Å². The number of carbonyl (C=O) groups is 2. The van der Waals surface area contributed by atoms with E-state index in [1.54, 1.807) is 17.0 Å². The van der Waals surface area contributed by atoms with Crippen LogP contribution in [0.25, 0.3) is 0 Å². The Hall–Kier alpha value is -1.67. The molecule has 0 unspecified atom stereocenters. The second-order valence-electron chi connectivity index (χ2n) is 7.08. The van der Waals surface area contributed by atoms with Gasteiger partial charge in [-0.25, -0.2) is 9.59 Å². The van der Waals surface area contributed by atoms with Crippen LogP contribution in [-0.2, 0) is 9.53 Å². The van der Waals surface area contributed by atoms with Crippen molar-refractivity contribution < 1.29 is 24.2 Å². The lowest BCUT2D eigenvalue weighted by molar-refractivity contribution is -0.139. The SMILES string of the molecule is CC(C)(C)OC(=O)N1CC(CNc2cc(Cl)c(Br)cc2OCC(=O)O)C1. The number of carbonyl (C=O) groups excluding carboxylic acids is 1. The van der Waals surface area contributed by atoms with Crippen molar-refractivity contribution in [1.82, 2.24) is 4.90 Å². The van der Waals surface area contributed by atoms with E-state index in [2.05, 4.69) is 21.2 Å². The first-order chi connectivity index (χ1) is 12.0. The summed E-state index contributed by atoms with van der Waals surface area (Å²) in [6, 6.07) is 3.30. The van der Waals surface area contributed by atoms with Crippen LogP contribution in [0.2, 0.25) is 5.02 Å². The highest BCUT2D eigenvalue weighted by atomic mass is 79.9. The van der Waals surface area contributed by atoms with Gasteiger partial charge in [-0.2, -0.15) is 0 Å². The van der Waals surface area contributed by atoms with E-state index in [-0.39, 0.29) is 12.0 Å². The van der Waals surface area contributed by atoms with Crippen molar-refractivity contribution in [1.29, 1.82) is 0 Å². The van der Waals surface area contributed by atoms with Crippen molar-refractivity contribution in [3.63, 3.8) is 0 Å². The minimum absolute atomic E-state index is 0.261. The summed E-state index contributed by atoms with van der Waals surface area (Å²) in [5, 5.41) is 12.5. The van der Waals surface area contributed by atoms with E-state index in [0.717, 1.165) is 0 Å². The summed E-state index contributed by atoms with van der Waals surface area (Å²) < 4.78 is 11.2. The Kier molecular flexibility index (Phi) is 6.63. The van der Waals surface area contributed by atoms with Gasteiger partial charge in [-0.15, -0.1) is 0 Å². The Morgan fingerprint density at radius 3 is 2.62 bits per heavy atom. The zero-order valence-corrected chi connectivity index (χ0v) is 17.2. The molecule has 1 aromatic carbocycles. The van der Waals surface area contributed by atoms with Crippen LogP contribution in [0.3, 0.4) is 0 Å². The molecule has 9 heteroatoms. The standard InChI is InChI=1S/C17H22BrClN2O5/c1-17(2,3)26-16(24)21-7-10(8-21)6-20-13-5-12(19)11(18)4-14(13)25-9-15(22)23/h4-5,10,20H,6-9H2,1-3H3,(H,22,23). The maximum absolute atomic E-state index is 11.9. The molecule has 0 aromatic heterocycles. The van der Waals surface area contributed by atoms with E-state index in [1.807, 2.05) is 20.8 Å². The lowest BCUT2D eigenvalue weighted by atomic mass is 10.0. The Bertz CT molecular complexity index is 686. The molecule has 0 radical (unpaired) electrons. The number of rotatable bonds is 6. The molecular formula is C17H22BrClN2O5. The van der Waals surface area contributed by atoms with Gasteiger partial charge in [0.05, 0.1) is 10.7 Å². The Morgan fingerprint density at radius 1 is 1.38 bits per heavy atom. The average molecular weight is 450 g/mol. The number of halogens is 2. The molecule has 1 heterocycles. The third-order valence-corrected chi connectivity index (χ3v) is 4.76. The largest absolute Gasteiger partial charge is 0.480 e. The molecule has 1 fully saturated rings. The van der Waals surface area contributed by atoms with Crippen LogP contribution in [0, 0.1) is 5.92 Å². The molecule has 144 valence electrons. The molecule has 2 N–H and O–H groups in total. The number of nitrogens with zero attached hydrogens (tertiary/aromatic N) is 1. The van der Waals surface area contributed by atoms with Crippen LogP contribution in [0.4, 0.5) is 10.5 Å². The molecule has 0 aliphatic carbocycles. The molecule has 1 aliphatic heterocycles. The number of amides is 1. The number of benzene rings is 1. The molecule has 26 heavy (non-hydrogen) atoms. The summed E-state index contributed by atoms with van der Waals surface area (Å²) in [5.41, 5.74) is 0.0977. The van der Waals surface area contributed by atoms with Crippen LogP contribution in [0.5, 0.6) is 5.75 Å². The van der Waals surface area contributed by atoms with Crippen LogP contribution >= 0.6 is 27.5 Å². The normalized spacial score (nSPS) is 14.6. The smallest absolute Gasteiger partial charge is 0.410 e. The van der Waals surface area contributed by atoms with Gasteiger partial charge in [-0.1, -0.05) is 11.6 Å². The van der Waals surface area contributed by atoms with E-state index in [0.29, 0.717) is 40.6 Å². The van der Waals surface area contributed by atoms with Gasteiger partial charge in [0.2, 0.25) is 0 Å². The van der Waals surface area contributed by atoms with Gasteiger partial charge in [0.25, 0.3) is 0 Å². The predicted molar refractivity (Wildman–Crippen MR) is 102 cm³/mol. The molecule has 0 saturated carbocycles. The molecule has 1 aliphatic rings. The minimum Gasteiger partial charge on any atom is -0.480 e. The van der Waals surface area contributed by atoms with Crippen LogP contribution in [-0.4, -0.2) is 53.9 Å². The predicted octanol–water partition coefficient (Wildman–Crippen LogP) is 3.84. The summed E-state index contributed by atoms with van der Waals surface area (Å²) in [6.45, 7) is 6.84. The maximum atomic E-state index is 11.9. The number of hydrogen-bond acceptors (Lipinski definition) is 5. The van der Waals surface area contributed by atoms with Crippen molar-refractivity contribution in [3.05, 3.63) is 21.6 Å². The lowest BCUT2D eigenvalue weighted by Crippen LogP contribution is -2.53. The van der Waals surface area contributed by atoms with Crippen molar-refractivity contribution in [2.24, 2.45) is 5.92 Å². The quantitative estimate of drug-likeness (QED) is 0.686. The summed E-state index contributed by atoms with van der Waals surface area (Å²) >= 11 is 9.40. The Morgan fingerprint density at radius 2 is 2.04 bits per heavy atom. The van der Waals surface area contributed by atoms with E-state index < -0.39 is 18.2 Å². The summed E-state index contributed by atoms with van der Waals surface area (Å²) in [4.78, 5) is 24.3. The van der Waals surface area contributed by atoms with Gasteiger partial charge in [-0.05, 0) is 48.8 Å². The second-order valence-corrected chi connectivity index (χ2v) is 8.34. The van der Waals surface area contributed by atoms with Crippen molar-refractivity contribution >= 4 is 45.3 Å². The van der Waals surface area contributed by atoms with Crippen molar-refractivity contribution in [2.45, 2.75) is 26.4 Å². The number of ether oxygens (including phenoxy) is 2. The third-order valence-electron chi connectivity index (χ3n) is 3.56. The molecule has 7 nitrogen and oxygen atoms in total. The Balaban J connectivity index is 1.89. The van der Waals surface area contributed by atoms with E-state index in [4.69, 9.17) is 26.2 Å². The third kappa shape index (κ3) is 5.95. The van der Waals surface area contributed by atoms with E-state index in [1.165, 1.54) is 0 Å². The average Bonchev–Trinajstić information content (AvgIpc) is 2.45. The molecule has 1 aromatic rings. The van der Waals surface area contributed by atoms with Gasteiger partial charge in [0.15, 0.2) is 6.61 Å². The minimum atomic E-state index is -1.06. The zero-order chi connectivity index (χ0) is 19.5. The molecule has 1 saturated heterocycles. The van der Waals surface area contributed by atoms with Crippen LogP contribution in [0.15, 0.2) is 16.6 Å². The first-order valence-electron chi connectivity index (χ1n) is 8.10. The number of aliphatic carboxylic acids is 1. The zero-order valence-electron chi connectivity index (χ0n) is 14.8. The van der Waals surface area contributed by atoms with Gasteiger partial charge in [0.1, 0.15) is 11.4 Å². The lowest BCUT2D eigenvalue weighted by Gasteiger charge is -2.40. The highest BCUT2D eigenvalue weighted by Gasteiger charge is 2.33. The van der Waals surface area contributed by atoms with E-state index in [9.17, 15) is 9.59 Å². The van der Waals surface area contributed by atoms with Gasteiger partial charge in [0, 0.05) is 30.0 Å². The molecule has 0 bridgehead atoms. The number of likely N-dealkylation sites (tertiary alicyclic amines) is 1. The number of nitrogens with one attached hydrogen (secondary N) is 1. The second kappa shape index (κ2) is 8.35. The summed E-state index contributed by atoms with van der Waals surface area (Å²) in [5.74, 6) is -0.404. The highest BCUT2D eigenvalue weighted by Crippen LogP contribution is 2.35. The number of anilines is 1. The summed E-state index contributed by atoms with van der Waals surface area (Å²) in [6.07, 6.45) is -0.314. The van der Waals surface area contributed by atoms with Crippen molar-refractivity contribution in [2.75, 3.05) is 31.6 Å². The fourth-order valence-corrected chi connectivity index (χ4v) is 2.84. The van der Waals surface area contributed by atoms with Crippen LogP contribution in [0.1, 0.15) is 20.8 Å². The molecule has 1 amide bonds. The van der Waals surface area contributed by atoms with E-state index >= 15 is 0 Å². The molecular weight excluding hydrogens is 428 g/mol. The number of carboxylic acids is 1. The van der Waals surface area contributed by atoms with Gasteiger partial charge < -0.3 is 24.8 Å². The number of hydrogen-bond donors (Lipinski definition) is 2.